The van der Waals surface area contributed by atoms with Gasteiger partial charge in [0.2, 0.25) is 10.9 Å². The minimum atomic E-state index is -0.366. The van der Waals surface area contributed by atoms with Crippen LogP contribution in [0.5, 0.6) is 0 Å². The summed E-state index contributed by atoms with van der Waals surface area (Å²) >= 11 is 0. The average Bonchev–Trinajstić information content (AvgIpc) is 4.12. The van der Waals surface area contributed by atoms with Gasteiger partial charge in [-0.3, -0.25) is 14.4 Å². The lowest BCUT2D eigenvalue weighted by Gasteiger charge is -2.24. The molecule has 0 aromatic heterocycles. The maximum Gasteiger partial charge on any atom is 0.305 e. The third-order valence-electron chi connectivity index (χ3n) is 14.6. The highest BCUT2D eigenvalue weighted by molar-refractivity contribution is 5.69. The number of carbonyl (C=O) groups is 1. The largest absolute Gasteiger partial charge is 0.466 e. The minimum Gasteiger partial charge on any atom is -0.466 e. The number of rotatable bonds is 54. The van der Waals surface area contributed by atoms with Gasteiger partial charge in [0.05, 0.1) is 18.4 Å². The van der Waals surface area contributed by atoms with Gasteiger partial charge < -0.3 is 33.9 Å². The van der Waals surface area contributed by atoms with Crippen LogP contribution >= 0.6 is 0 Å². The van der Waals surface area contributed by atoms with E-state index in [0.29, 0.717) is 50.1 Å². The molecule has 2 atom stereocenters. The summed E-state index contributed by atoms with van der Waals surface area (Å²) in [6.07, 6.45) is 44.6. The zero-order valence-corrected chi connectivity index (χ0v) is 45.9. The van der Waals surface area contributed by atoms with Crippen molar-refractivity contribution in [3.8, 4) is 0 Å². The first-order valence-corrected chi connectivity index (χ1v) is 29.6. The summed E-state index contributed by atoms with van der Waals surface area (Å²) < 4.78 is 29.0. The van der Waals surface area contributed by atoms with Crippen molar-refractivity contribution in [3.05, 3.63) is 26.0 Å². The summed E-state index contributed by atoms with van der Waals surface area (Å²) in [4.78, 5) is 40.5. The van der Waals surface area contributed by atoms with Gasteiger partial charge in [-0.05, 0) is 96.2 Å². The maximum absolute atomic E-state index is 12.8. The summed E-state index contributed by atoms with van der Waals surface area (Å²) in [7, 11) is 3.40. The highest BCUT2D eigenvalue weighted by atomic mass is 16.8. The maximum atomic E-state index is 12.8. The lowest BCUT2D eigenvalue weighted by atomic mass is 9.86. The van der Waals surface area contributed by atoms with Crippen molar-refractivity contribution in [2.75, 3.05) is 72.1 Å². The van der Waals surface area contributed by atoms with E-state index in [1.54, 1.807) is 14.2 Å². The fraction of sp³-hybridized carbons (Fsp3) is 0.915. The Balaban J connectivity index is 1.81. The number of unbranched alkanes of at least 4 members (excludes halogenated alkanes) is 25. The number of anilines is 1. The zero-order valence-electron chi connectivity index (χ0n) is 45.9. The van der Waals surface area contributed by atoms with Crippen LogP contribution in [-0.4, -0.2) is 89.6 Å². The van der Waals surface area contributed by atoms with Gasteiger partial charge in [0, 0.05) is 52.4 Å². The van der Waals surface area contributed by atoms with Crippen molar-refractivity contribution in [1.29, 1.82) is 0 Å². The van der Waals surface area contributed by atoms with E-state index in [0.717, 1.165) is 116 Å². The normalized spacial score (nSPS) is 15.2. The fourth-order valence-corrected chi connectivity index (χ4v) is 10.1. The van der Waals surface area contributed by atoms with Crippen LogP contribution in [0, 0.1) is 0 Å². The molecule has 10 heteroatoms. The molecule has 0 spiro atoms. The van der Waals surface area contributed by atoms with Crippen LogP contribution in [0.4, 0.5) is 5.69 Å². The molecule has 0 saturated carbocycles. The van der Waals surface area contributed by atoms with E-state index in [1.807, 2.05) is 0 Å². The third-order valence-corrected chi connectivity index (χ3v) is 14.6. The fourth-order valence-electron chi connectivity index (χ4n) is 10.1. The van der Waals surface area contributed by atoms with Crippen LogP contribution in [0.2, 0.25) is 0 Å². The van der Waals surface area contributed by atoms with Gasteiger partial charge in [0.1, 0.15) is 6.61 Å². The number of nitrogens with one attached hydrogen (secondary N) is 1. The molecule has 1 saturated heterocycles. The van der Waals surface area contributed by atoms with Gasteiger partial charge in [-0.25, -0.2) is 0 Å². The number of esters is 1. The van der Waals surface area contributed by atoms with E-state index in [2.05, 4.69) is 31.0 Å². The lowest BCUT2D eigenvalue weighted by molar-refractivity contribution is -0.143. The third kappa shape index (κ3) is 32.1. The highest BCUT2D eigenvalue weighted by Gasteiger charge is 2.47. The number of carbonyl (C=O) groups excluding carboxylic acids is 1. The second-order valence-corrected chi connectivity index (χ2v) is 21.0. The van der Waals surface area contributed by atoms with Gasteiger partial charge in [-0.2, -0.15) is 0 Å². The zero-order chi connectivity index (χ0) is 49.9. The van der Waals surface area contributed by atoms with Crippen molar-refractivity contribution in [1.82, 2.24) is 4.90 Å². The second kappa shape index (κ2) is 43.7. The summed E-state index contributed by atoms with van der Waals surface area (Å²) in [5.41, 5.74) is 0.529. The van der Waals surface area contributed by atoms with Gasteiger partial charge >= 0.3 is 5.97 Å². The molecule has 1 heterocycles. The quantitative estimate of drug-likeness (QED) is 0.0293. The second-order valence-electron chi connectivity index (χ2n) is 21.0. The Morgan fingerprint density at radius 3 is 1.59 bits per heavy atom. The molecular formula is C59H110N2O8. The number of ether oxygens (including phenoxy) is 5. The van der Waals surface area contributed by atoms with Crippen molar-refractivity contribution < 1.29 is 28.5 Å². The SMILES string of the molecule is CCCCCCCCCOC(=O)CCCCCCCN(CCCCCCCC1(OC(CCCCCCCC)CCCCCCCC)CO1)CCCNc1c(C(CCCCOC)CCOC)c(=O)c1=O. The standard InChI is InChI=1S/C59H110N2O8/c1-6-9-12-15-18-27-35-49-67-54(62)41-30-23-19-25-33-45-61(47-37-44-60-56-55(57(63)58(56)64)52(42-50-66-5)38-31-36-48-65-4)46-34-26-20-24-32-43-59(51-68-59)69-53(39-28-21-16-13-10-7-2)40-29-22-17-14-11-8-3/h52-53,60H,6-51H2,1-5H3. The summed E-state index contributed by atoms with van der Waals surface area (Å²) in [6, 6.07) is 0. The highest BCUT2D eigenvalue weighted by Crippen LogP contribution is 2.37. The molecule has 1 aliphatic heterocycles. The van der Waals surface area contributed by atoms with Crippen LogP contribution < -0.4 is 16.2 Å². The topological polar surface area (TPSA) is 116 Å². The van der Waals surface area contributed by atoms with Gasteiger partial charge in [-0.1, -0.05) is 181 Å². The number of epoxide rings is 1. The predicted octanol–water partition coefficient (Wildman–Crippen LogP) is 14.9. The van der Waals surface area contributed by atoms with Crippen molar-refractivity contribution in [2.45, 2.75) is 283 Å². The van der Waals surface area contributed by atoms with Gasteiger partial charge in [0.25, 0.3) is 0 Å². The van der Waals surface area contributed by atoms with Crippen molar-refractivity contribution >= 4 is 11.7 Å². The Morgan fingerprint density at radius 1 is 0.551 bits per heavy atom. The van der Waals surface area contributed by atoms with Crippen LogP contribution in [0.15, 0.2) is 9.59 Å². The van der Waals surface area contributed by atoms with Crippen LogP contribution in [0.25, 0.3) is 0 Å². The first kappa shape index (κ1) is 63.3. The molecule has 1 aromatic carbocycles. The molecule has 0 aliphatic carbocycles. The molecule has 0 amide bonds. The summed E-state index contributed by atoms with van der Waals surface area (Å²) in [5.74, 6) is -0.327. The monoisotopic (exact) mass is 975 g/mol. The molecule has 10 nitrogen and oxygen atoms in total. The molecule has 2 rings (SSSR count). The summed E-state index contributed by atoms with van der Waals surface area (Å²) in [6.45, 7) is 13.2. The number of methoxy groups -OCH3 is 2. The molecule has 0 radical (unpaired) electrons. The number of hydrogen-bond donors (Lipinski definition) is 1. The molecule has 1 N–H and O–H groups in total. The smallest absolute Gasteiger partial charge is 0.305 e. The first-order chi connectivity index (χ1) is 33.8. The van der Waals surface area contributed by atoms with Crippen LogP contribution in [-0.2, 0) is 28.5 Å². The first-order valence-electron chi connectivity index (χ1n) is 29.6. The molecule has 404 valence electrons. The molecule has 2 unspecified atom stereocenters. The Bertz CT molecular complexity index is 1380. The minimum absolute atomic E-state index is 0.0307. The number of nitrogens with zero attached hydrogens (tertiary/aromatic N) is 1. The summed E-state index contributed by atoms with van der Waals surface area (Å²) in [5, 5.41) is 3.41. The van der Waals surface area contributed by atoms with Crippen LogP contribution in [0.3, 0.4) is 0 Å². The Labute approximate surface area is 424 Å². The Kier molecular flexibility index (Phi) is 40.1. The van der Waals surface area contributed by atoms with E-state index in [4.69, 9.17) is 23.7 Å². The Hall–Kier alpha value is -1.85. The van der Waals surface area contributed by atoms with E-state index < -0.39 is 0 Å². The van der Waals surface area contributed by atoms with Gasteiger partial charge in [0.15, 0.2) is 5.79 Å². The van der Waals surface area contributed by atoms with E-state index in [1.165, 1.54) is 148 Å². The molecule has 1 aliphatic rings. The van der Waals surface area contributed by atoms with E-state index >= 15 is 0 Å². The lowest BCUT2D eigenvalue weighted by Crippen LogP contribution is -2.40. The molecule has 1 aromatic rings. The average molecular weight is 976 g/mol. The molecule has 69 heavy (non-hydrogen) atoms. The van der Waals surface area contributed by atoms with Crippen molar-refractivity contribution in [2.24, 2.45) is 0 Å². The van der Waals surface area contributed by atoms with Crippen LogP contribution in [0.1, 0.15) is 276 Å². The van der Waals surface area contributed by atoms with E-state index in [9.17, 15) is 14.4 Å². The number of hydrogen-bond acceptors (Lipinski definition) is 10. The molecular weight excluding hydrogens is 865 g/mol. The molecule has 1 fully saturated rings. The Morgan fingerprint density at radius 2 is 1.03 bits per heavy atom. The van der Waals surface area contributed by atoms with E-state index in [-0.39, 0.29) is 28.5 Å². The molecule has 0 bridgehead atoms. The predicted molar refractivity (Wildman–Crippen MR) is 290 cm³/mol. The van der Waals surface area contributed by atoms with Gasteiger partial charge in [-0.15, -0.1) is 0 Å². The van der Waals surface area contributed by atoms with Crippen molar-refractivity contribution in [3.63, 3.8) is 0 Å².